The number of aromatic nitrogens is 2. The maximum Gasteiger partial charge on any atom is 0.147 e. The van der Waals surface area contributed by atoms with Crippen LogP contribution >= 0.6 is 0 Å². The maximum absolute atomic E-state index is 4.90. The topological polar surface area (TPSA) is 29.0 Å². The third-order valence-electron chi connectivity index (χ3n) is 5.32. The highest BCUT2D eigenvalue weighted by Crippen LogP contribution is 2.26. The summed E-state index contributed by atoms with van der Waals surface area (Å²) in [5.74, 6) is 1.01. The summed E-state index contributed by atoms with van der Waals surface area (Å²) in [6, 6.07) is 15.1. The molecule has 1 saturated heterocycles. The van der Waals surface area contributed by atoms with E-state index < -0.39 is 0 Å². The van der Waals surface area contributed by atoms with Crippen LogP contribution in [0.5, 0.6) is 0 Å². The summed E-state index contributed by atoms with van der Waals surface area (Å²) in [4.78, 5) is 11.9. The SMILES string of the molecule is C/C=C(/C)c1ccc(-c2ccc3ncc(N4CCCCC4)nc3c2)cc1. The fourth-order valence-corrected chi connectivity index (χ4v) is 3.55. The summed E-state index contributed by atoms with van der Waals surface area (Å²) in [5, 5.41) is 0. The van der Waals surface area contributed by atoms with Crippen molar-refractivity contribution in [1.82, 2.24) is 9.97 Å². The van der Waals surface area contributed by atoms with Gasteiger partial charge in [0, 0.05) is 13.1 Å². The van der Waals surface area contributed by atoms with Gasteiger partial charge in [-0.3, -0.25) is 4.98 Å². The molecule has 1 aliphatic heterocycles. The van der Waals surface area contributed by atoms with Crippen LogP contribution < -0.4 is 4.90 Å². The Labute approximate surface area is 155 Å². The van der Waals surface area contributed by atoms with Gasteiger partial charge >= 0.3 is 0 Å². The zero-order valence-corrected chi connectivity index (χ0v) is 15.6. The third kappa shape index (κ3) is 3.34. The van der Waals surface area contributed by atoms with Gasteiger partial charge in [-0.2, -0.15) is 0 Å². The molecule has 1 aliphatic rings. The zero-order valence-electron chi connectivity index (χ0n) is 15.6. The molecule has 1 aromatic heterocycles. The molecule has 3 heteroatoms. The van der Waals surface area contributed by atoms with Crippen LogP contribution in [0.25, 0.3) is 27.7 Å². The number of hydrogen-bond acceptors (Lipinski definition) is 3. The standard InChI is InChI=1S/C23H25N3/c1-3-17(2)18-7-9-19(10-8-18)20-11-12-21-22(15-20)25-23(16-24-21)26-13-5-4-6-14-26/h3,7-12,15-16H,4-6,13-14H2,1-2H3/b17-3-. The molecule has 132 valence electrons. The monoisotopic (exact) mass is 343 g/mol. The highest BCUT2D eigenvalue weighted by molar-refractivity contribution is 5.82. The predicted octanol–water partition coefficient (Wildman–Crippen LogP) is 5.71. The lowest BCUT2D eigenvalue weighted by atomic mass is 10.0. The number of piperidine rings is 1. The Bertz CT molecular complexity index is 935. The molecule has 0 radical (unpaired) electrons. The molecule has 0 bridgehead atoms. The number of anilines is 1. The molecule has 2 heterocycles. The van der Waals surface area contributed by atoms with Crippen molar-refractivity contribution < 1.29 is 0 Å². The minimum Gasteiger partial charge on any atom is -0.355 e. The second-order valence-corrected chi connectivity index (χ2v) is 7.03. The average molecular weight is 343 g/mol. The minimum absolute atomic E-state index is 0.955. The van der Waals surface area contributed by atoms with Gasteiger partial charge in [-0.15, -0.1) is 0 Å². The van der Waals surface area contributed by atoms with Crippen LogP contribution in [0, 0.1) is 0 Å². The molecule has 0 spiro atoms. The molecular formula is C23H25N3. The van der Waals surface area contributed by atoms with Crippen molar-refractivity contribution in [3.8, 4) is 11.1 Å². The lowest BCUT2D eigenvalue weighted by Gasteiger charge is -2.27. The van der Waals surface area contributed by atoms with Gasteiger partial charge in [0.2, 0.25) is 0 Å². The van der Waals surface area contributed by atoms with E-state index in [-0.39, 0.29) is 0 Å². The fraction of sp³-hybridized carbons (Fsp3) is 0.304. The smallest absolute Gasteiger partial charge is 0.147 e. The van der Waals surface area contributed by atoms with E-state index in [0.29, 0.717) is 0 Å². The molecule has 1 fully saturated rings. The normalized spacial score (nSPS) is 15.5. The van der Waals surface area contributed by atoms with E-state index in [1.54, 1.807) is 0 Å². The lowest BCUT2D eigenvalue weighted by molar-refractivity contribution is 0.573. The molecule has 0 N–H and O–H groups in total. The Balaban J connectivity index is 1.67. The van der Waals surface area contributed by atoms with Gasteiger partial charge in [0.05, 0.1) is 17.2 Å². The zero-order chi connectivity index (χ0) is 17.9. The molecule has 0 unspecified atom stereocenters. The lowest BCUT2D eigenvalue weighted by Crippen LogP contribution is -2.30. The quantitative estimate of drug-likeness (QED) is 0.610. The molecule has 4 rings (SSSR count). The van der Waals surface area contributed by atoms with E-state index in [0.717, 1.165) is 29.9 Å². The summed E-state index contributed by atoms with van der Waals surface area (Å²) in [7, 11) is 0. The van der Waals surface area contributed by atoms with E-state index in [1.165, 1.54) is 41.5 Å². The van der Waals surface area contributed by atoms with Gasteiger partial charge in [-0.25, -0.2) is 4.98 Å². The number of rotatable bonds is 3. The van der Waals surface area contributed by atoms with Crippen LogP contribution in [0.3, 0.4) is 0 Å². The van der Waals surface area contributed by atoms with Crippen LogP contribution in [0.2, 0.25) is 0 Å². The molecule has 0 aliphatic carbocycles. The molecular weight excluding hydrogens is 318 g/mol. The second kappa shape index (κ2) is 7.28. The molecule has 3 nitrogen and oxygen atoms in total. The van der Waals surface area contributed by atoms with Crippen molar-refractivity contribution in [2.45, 2.75) is 33.1 Å². The fourth-order valence-electron chi connectivity index (χ4n) is 3.55. The molecule has 0 atom stereocenters. The summed E-state index contributed by atoms with van der Waals surface area (Å²) in [5.41, 5.74) is 6.89. The number of nitrogens with zero attached hydrogens (tertiary/aromatic N) is 3. The molecule has 26 heavy (non-hydrogen) atoms. The first-order valence-corrected chi connectivity index (χ1v) is 9.50. The van der Waals surface area contributed by atoms with E-state index in [4.69, 9.17) is 4.98 Å². The molecule has 3 aromatic rings. The first-order chi connectivity index (χ1) is 12.7. The van der Waals surface area contributed by atoms with Crippen LogP contribution in [0.15, 0.2) is 54.7 Å². The van der Waals surface area contributed by atoms with Crippen molar-refractivity contribution in [1.29, 1.82) is 0 Å². The Morgan fingerprint density at radius 2 is 1.65 bits per heavy atom. The van der Waals surface area contributed by atoms with Crippen molar-refractivity contribution in [3.05, 3.63) is 60.3 Å². The highest BCUT2D eigenvalue weighted by Gasteiger charge is 2.13. The van der Waals surface area contributed by atoms with E-state index in [1.807, 2.05) is 6.20 Å². The third-order valence-corrected chi connectivity index (χ3v) is 5.32. The second-order valence-electron chi connectivity index (χ2n) is 7.03. The maximum atomic E-state index is 4.90. The summed E-state index contributed by atoms with van der Waals surface area (Å²) in [6.45, 7) is 6.39. The van der Waals surface area contributed by atoms with Crippen molar-refractivity contribution in [3.63, 3.8) is 0 Å². The van der Waals surface area contributed by atoms with Gasteiger partial charge in [-0.1, -0.05) is 36.4 Å². The molecule has 0 amide bonds. The van der Waals surface area contributed by atoms with E-state index in [2.05, 4.69) is 72.3 Å². The van der Waals surface area contributed by atoms with Crippen molar-refractivity contribution in [2.75, 3.05) is 18.0 Å². The van der Waals surface area contributed by atoms with Crippen LogP contribution in [0.4, 0.5) is 5.82 Å². The number of hydrogen-bond donors (Lipinski definition) is 0. The van der Waals surface area contributed by atoms with E-state index in [9.17, 15) is 0 Å². The average Bonchev–Trinajstić information content (AvgIpc) is 2.73. The first kappa shape index (κ1) is 16.8. The molecule has 0 saturated carbocycles. The van der Waals surface area contributed by atoms with Gasteiger partial charge < -0.3 is 4.90 Å². The van der Waals surface area contributed by atoms with Gasteiger partial charge in [-0.05, 0) is 67.5 Å². The minimum atomic E-state index is 0.955. The first-order valence-electron chi connectivity index (χ1n) is 9.50. The number of allylic oxidation sites excluding steroid dienone is 2. The summed E-state index contributed by atoms with van der Waals surface area (Å²) in [6.07, 6.45) is 7.88. The van der Waals surface area contributed by atoms with E-state index >= 15 is 0 Å². The van der Waals surface area contributed by atoms with Crippen molar-refractivity contribution >= 4 is 22.4 Å². The Hall–Kier alpha value is -2.68. The van der Waals surface area contributed by atoms with Gasteiger partial charge in [0.25, 0.3) is 0 Å². The van der Waals surface area contributed by atoms with Gasteiger partial charge in [0.15, 0.2) is 0 Å². The van der Waals surface area contributed by atoms with Crippen LogP contribution in [0.1, 0.15) is 38.7 Å². The largest absolute Gasteiger partial charge is 0.355 e. The Kier molecular flexibility index (Phi) is 4.70. The van der Waals surface area contributed by atoms with Crippen molar-refractivity contribution in [2.24, 2.45) is 0 Å². The summed E-state index contributed by atoms with van der Waals surface area (Å²) < 4.78 is 0. The predicted molar refractivity (Wildman–Crippen MR) is 110 cm³/mol. The summed E-state index contributed by atoms with van der Waals surface area (Å²) >= 11 is 0. The van der Waals surface area contributed by atoms with Gasteiger partial charge in [0.1, 0.15) is 5.82 Å². The Morgan fingerprint density at radius 3 is 2.38 bits per heavy atom. The van der Waals surface area contributed by atoms with Crippen LogP contribution in [-0.4, -0.2) is 23.1 Å². The Morgan fingerprint density at radius 1 is 0.923 bits per heavy atom. The van der Waals surface area contributed by atoms with Crippen LogP contribution in [-0.2, 0) is 0 Å². The highest BCUT2D eigenvalue weighted by atomic mass is 15.2. The number of fused-ring (bicyclic) bond motifs is 1. The number of benzene rings is 2. The molecule has 2 aromatic carbocycles.